The second kappa shape index (κ2) is 12.9. The van der Waals surface area contributed by atoms with Crippen molar-refractivity contribution in [3.8, 4) is 17.5 Å². The molecule has 1 fully saturated rings. The lowest BCUT2D eigenvalue weighted by molar-refractivity contribution is -0.169. The van der Waals surface area contributed by atoms with E-state index < -0.39 is 44.2 Å². The summed E-state index contributed by atoms with van der Waals surface area (Å²) >= 11 is 0. The van der Waals surface area contributed by atoms with Crippen LogP contribution in [0.5, 0.6) is 17.5 Å². The lowest BCUT2D eigenvalue weighted by atomic mass is 9.96. The van der Waals surface area contributed by atoms with Gasteiger partial charge < -0.3 is 39.8 Å². The minimum atomic E-state index is -2.59. The molecule has 5 rings (SSSR count). The lowest BCUT2D eigenvalue weighted by Gasteiger charge is -2.27. The number of hydrogen-bond acceptors (Lipinski definition) is 15. The fraction of sp³-hybridized carbons (Fsp3) is 0.483. The molecule has 2 unspecified atom stereocenters. The molecular formula is C29H36N7O9P. The van der Waals surface area contributed by atoms with Crippen molar-refractivity contribution in [2.45, 2.75) is 64.7 Å². The monoisotopic (exact) mass is 657 g/mol. The van der Waals surface area contributed by atoms with Crippen molar-refractivity contribution in [3.63, 3.8) is 0 Å². The minimum Gasteiger partial charge on any atom is -0.575 e. The number of imidazole rings is 1. The van der Waals surface area contributed by atoms with Crippen LogP contribution in [0, 0.1) is 5.41 Å². The number of carbonyl (C=O) groups excluding carboxylic acids is 1. The Morgan fingerprint density at radius 2 is 2.02 bits per heavy atom. The molecule has 0 radical (unpaired) electrons. The average molecular weight is 658 g/mol. The molecule has 4 heterocycles. The zero-order chi connectivity index (χ0) is 33.4. The Morgan fingerprint density at radius 3 is 2.74 bits per heavy atom. The van der Waals surface area contributed by atoms with E-state index in [9.17, 15) is 19.9 Å². The van der Waals surface area contributed by atoms with Crippen LogP contribution in [0.1, 0.15) is 40.8 Å². The summed E-state index contributed by atoms with van der Waals surface area (Å²) in [6, 6.07) is 7.23. The van der Waals surface area contributed by atoms with Crippen molar-refractivity contribution in [1.29, 1.82) is 0 Å². The number of pyridine rings is 1. The number of aromatic nitrogens is 5. The Labute approximate surface area is 265 Å². The number of aliphatic hydroxyl groups excluding tert-OH is 1. The van der Waals surface area contributed by atoms with Crippen molar-refractivity contribution < 1.29 is 43.4 Å². The first-order valence-corrected chi connectivity index (χ1v) is 15.5. The topological polar surface area (TPSA) is 222 Å². The summed E-state index contributed by atoms with van der Waals surface area (Å²) in [5, 5.41) is 22.7. The highest BCUT2D eigenvalue weighted by molar-refractivity contribution is 7.34. The Kier molecular flexibility index (Phi) is 9.29. The lowest BCUT2D eigenvalue weighted by Crippen LogP contribution is -2.44. The molecule has 0 bridgehead atoms. The van der Waals surface area contributed by atoms with Gasteiger partial charge in [0.05, 0.1) is 25.6 Å². The highest BCUT2D eigenvalue weighted by Crippen LogP contribution is 2.40. The fourth-order valence-electron chi connectivity index (χ4n) is 4.74. The molecule has 1 saturated heterocycles. The summed E-state index contributed by atoms with van der Waals surface area (Å²) in [5.74, 6) is -0.0516. The van der Waals surface area contributed by atoms with Crippen molar-refractivity contribution in [1.82, 2.24) is 24.5 Å². The molecular weight excluding hydrogens is 621 g/mol. The summed E-state index contributed by atoms with van der Waals surface area (Å²) < 4.78 is 33.3. The van der Waals surface area contributed by atoms with Crippen molar-refractivity contribution in [2.24, 2.45) is 10.2 Å². The number of ether oxygens (including phenoxy) is 4. The van der Waals surface area contributed by atoms with Gasteiger partial charge in [-0.1, -0.05) is 31.6 Å². The standard InChI is InChI=1S/C29H36N7O9P/c1-15(25(38)43-13-28(2,3)4)35-46(40)45-18-9-7-8-17-16(18)10-11-20(32-17)42-12-19-22(37)29(5,39)26(44-19)36-14-31-21-23(36)33-27(30)34-24(21)41-6/h7-11,14-15,19,22,26,37,39H,12-13H2,1-6H3,(H2,30,33,34)/t15-,19+,22+,26?,29+/m0/s1. The van der Waals surface area contributed by atoms with Crippen LogP contribution in [-0.4, -0.2) is 84.9 Å². The summed E-state index contributed by atoms with van der Waals surface area (Å²) in [6.07, 6.45) is -2.03. The van der Waals surface area contributed by atoms with Gasteiger partial charge in [0.25, 0.3) is 0 Å². The Balaban J connectivity index is 1.27. The third kappa shape index (κ3) is 6.95. The highest BCUT2D eigenvalue weighted by Gasteiger charge is 2.54. The van der Waals surface area contributed by atoms with Crippen LogP contribution in [-0.2, 0) is 14.3 Å². The number of benzene rings is 1. The maximum Gasteiger partial charge on any atom is 0.395 e. The number of anilines is 1. The van der Waals surface area contributed by atoms with Gasteiger partial charge in [0.1, 0.15) is 24.4 Å². The normalized spacial score (nSPS) is 22.6. The maximum absolute atomic E-state index is 12.6. The highest BCUT2D eigenvalue weighted by atomic mass is 31.1. The number of nitrogens with two attached hydrogens (primary N) is 1. The molecule has 16 nitrogen and oxygen atoms in total. The third-order valence-electron chi connectivity index (χ3n) is 7.10. The molecule has 6 atom stereocenters. The molecule has 1 aromatic carbocycles. The molecule has 0 amide bonds. The average Bonchev–Trinajstić information content (AvgIpc) is 3.50. The van der Waals surface area contributed by atoms with Crippen LogP contribution in [0.2, 0.25) is 0 Å². The van der Waals surface area contributed by atoms with E-state index in [-0.39, 0.29) is 47.7 Å². The number of hydrogen-bond donors (Lipinski definition) is 3. The summed E-state index contributed by atoms with van der Waals surface area (Å²) in [6.45, 7) is 8.75. The van der Waals surface area contributed by atoms with Crippen LogP contribution >= 0.6 is 8.17 Å². The van der Waals surface area contributed by atoms with Gasteiger partial charge in [0.15, 0.2) is 29.2 Å². The number of aliphatic hydroxyl groups is 2. The SMILES string of the molecule is COc1nc(N)nc2c1ncn2C1O[C@H](COc2ccc3c(O[P+]([O-])=N[C@@H](C)C(=O)OCC(C)(C)C)cccc3n2)[C@@H](O)[C@@]1(C)O. The van der Waals surface area contributed by atoms with Gasteiger partial charge >= 0.3 is 14.1 Å². The number of carbonyl (C=O) groups is 1. The summed E-state index contributed by atoms with van der Waals surface area (Å²) in [4.78, 5) is 41.8. The van der Waals surface area contributed by atoms with Crippen LogP contribution < -0.4 is 24.6 Å². The second-order valence-electron chi connectivity index (χ2n) is 12.2. The van der Waals surface area contributed by atoms with Gasteiger partial charge in [0, 0.05) is 11.5 Å². The third-order valence-corrected chi connectivity index (χ3v) is 7.99. The fourth-order valence-corrected chi connectivity index (χ4v) is 5.49. The molecule has 0 aliphatic carbocycles. The molecule has 46 heavy (non-hydrogen) atoms. The first-order chi connectivity index (χ1) is 21.7. The van der Waals surface area contributed by atoms with Gasteiger partial charge in [-0.05, 0) is 37.5 Å². The Morgan fingerprint density at radius 1 is 1.26 bits per heavy atom. The van der Waals surface area contributed by atoms with Gasteiger partial charge in [-0.2, -0.15) is 9.97 Å². The maximum atomic E-state index is 12.6. The molecule has 0 spiro atoms. The minimum absolute atomic E-state index is 0.0627. The molecule has 3 aromatic heterocycles. The van der Waals surface area contributed by atoms with Gasteiger partial charge in [-0.25, -0.2) is 14.8 Å². The van der Waals surface area contributed by atoms with Crippen molar-refractivity contribution in [3.05, 3.63) is 36.7 Å². The van der Waals surface area contributed by atoms with Crippen LogP contribution in [0.15, 0.2) is 41.4 Å². The van der Waals surface area contributed by atoms with E-state index >= 15 is 0 Å². The zero-order valence-corrected chi connectivity index (χ0v) is 27.0. The predicted molar refractivity (Wildman–Crippen MR) is 164 cm³/mol. The largest absolute Gasteiger partial charge is 0.575 e. The van der Waals surface area contributed by atoms with E-state index in [1.54, 1.807) is 30.3 Å². The smallest absolute Gasteiger partial charge is 0.395 e. The number of nitrogens with zero attached hydrogens (tertiary/aromatic N) is 6. The molecule has 17 heteroatoms. The van der Waals surface area contributed by atoms with E-state index in [4.69, 9.17) is 29.2 Å². The van der Waals surface area contributed by atoms with Gasteiger partial charge in [-0.3, -0.25) is 9.09 Å². The second-order valence-corrected chi connectivity index (χ2v) is 13.1. The van der Waals surface area contributed by atoms with Crippen LogP contribution in [0.4, 0.5) is 5.95 Å². The number of fused-ring (bicyclic) bond motifs is 2. The molecule has 246 valence electrons. The Hall–Kier alpha value is -4.21. The molecule has 4 N–H and O–H groups in total. The van der Waals surface area contributed by atoms with Crippen LogP contribution in [0.3, 0.4) is 0 Å². The first-order valence-electron chi connectivity index (χ1n) is 14.3. The van der Waals surface area contributed by atoms with E-state index in [1.165, 1.54) is 31.9 Å². The number of rotatable bonds is 10. The van der Waals surface area contributed by atoms with Crippen molar-refractivity contribution >= 4 is 42.2 Å². The van der Waals surface area contributed by atoms with E-state index in [0.29, 0.717) is 16.4 Å². The Bertz CT molecular complexity index is 1780. The van der Waals surface area contributed by atoms with Crippen molar-refractivity contribution in [2.75, 3.05) is 26.1 Å². The predicted octanol–water partition coefficient (Wildman–Crippen LogP) is 2.27. The van der Waals surface area contributed by atoms with E-state index in [0.717, 1.165) is 0 Å². The number of methoxy groups -OCH3 is 1. The first kappa shape index (κ1) is 33.2. The van der Waals surface area contributed by atoms with Crippen LogP contribution in [0.25, 0.3) is 22.1 Å². The number of esters is 1. The van der Waals surface area contributed by atoms with E-state index in [2.05, 4.69) is 24.7 Å². The molecule has 0 saturated carbocycles. The number of nitrogen functional groups attached to an aromatic ring is 1. The van der Waals surface area contributed by atoms with Gasteiger partial charge in [-0.15, -0.1) is 0 Å². The summed E-state index contributed by atoms with van der Waals surface area (Å²) in [5.41, 5.74) is 4.86. The van der Waals surface area contributed by atoms with Gasteiger partial charge in [0.2, 0.25) is 17.7 Å². The summed E-state index contributed by atoms with van der Waals surface area (Å²) in [7, 11) is -1.17. The molecule has 4 aromatic rings. The molecule has 1 aliphatic rings. The van der Waals surface area contributed by atoms with E-state index in [1.807, 2.05) is 20.8 Å². The quantitative estimate of drug-likeness (QED) is 0.164. The zero-order valence-electron chi connectivity index (χ0n) is 26.1. The molecule has 1 aliphatic heterocycles.